The maximum Gasteiger partial charge on any atom is 0.418 e. The lowest BCUT2D eigenvalue weighted by atomic mass is 10.0. The molecule has 2 aromatic rings. The molecule has 1 aromatic heterocycles. The Labute approximate surface area is 198 Å². The van der Waals surface area contributed by atoms with Crippen LogP contribution in [0.25, 0.3) is 0 Å². The fourth-order valence-corrected chi connectivity index (χ4v) is 4.00. The van der Waals surface area contributed by atoms with Crippen LogP contribution in [0.3, 0.4) is 0 Å². The number of ether oxygens (including phenoxy) is 1. The zero-order valence-corrected chi connectivity index (χ0v) is 19.6. The molecule has 2 aliphatic rings. The number of urea groups is 1. The molecule has 34 heavy (non-hydrogen) atoms. The highest BCUT2D eigenvalue weighted by Gasteiger charge is 2.48. The molecule has 2 atom stereocenters. The van der Waals surface area contributed by atoms with Crippen molar-refractivity contribution in [2.24, 2.45) is 0 Å². The third-order valence-electron chi connectivity index (χ3n) is 5.61. The number of hydrogen-bond acceptors (Lipinski definition) is 6. The first-order valence-electron chi connectivity index (χ1n) is 11.3. The number of carbonyl (C=O) groups is 3. The molecule has 2 aliphatic heterocycles. The van der Waals surface area contributed by atoms with Crippen LogP contribution in [0, 0.1) is 0 Å². The minimum Gasteiger partial charge on any atom is -0.443 e. The van der Waals surface area contributed by atoms with Crippen LogP contribution in [0.5, 0.6) is 0 Å². The Hall–Kier alpha value is -3.37. The second kappa shape index (κ2) is 9.86. The van der Waals surface area contributed by atoms with Gasteiger partial charge in [0.1, 0.15) is 24.9 Å². The number of fused-ring (bicyclic) bond motifs is 2. The SMILES string of the molecule is CC(C)(C)OC(=O)n1ccc(CONC(=O)[C@@H]2CC[C@@H]3CN2C(=O)N3OCc2ccccc2)c1. The first-order chi connectivity index (χ1) is 16.2. The predicted octanol–water partition coefficient (Wildman–Crippen LogP) is 3.22. The zero-order chi connectivity index (χ0) is 24.3. The van der Waals surface area contributed by atoms with E-state index >= 15 is 0 Å². The summed E-state index contributed by atoms with van der Waals surface area (Å²) >= 11 is 0. The van der Waals surface area contributed by atoms with E-state index in [0.717, 1.165) is 5.56 Å². The molecule has 2 saturated heterocycles. The summed E-state index contributed by atoms with van der Waals surface area (Å²) in [6, 6.07) is 10.3. The lowest BCUT2D eigenvalue weighted by Gasteiger charge is -2.28. The lowest BCUT2D eigenvalue weighted by Crippen LogP contribution is -2.49. The van der Waals surface area contributed by atoms with Crippen LogP contribution in [0.4, 0.5) is 9.59 Å². The van der Waals surface area contributed by atoms with Gasteiger partial charge in [-0.2, -0.15) is 5.06 Å². The first-order valence-corrected chi connectivity index (χ1v) is 11.3. The van der Waals surface area contributed by atoms with E-state index in [9.17, 15) is 14.4 Å². The van der Waals surface area contributed by atoms with Gasteiger partial charge in [-0.05, 0) is 50.8 Å². The second-order valence-electron chi connectivity index (χ2n) is 9.43. The summed E-state index contributed by atoms with van der Waals surface area (Å²) in [5.74, 6) is -0.386. The van der Waals surface area contributed by atoms with Crippen LogP contribution < -0.4 is 5.48 Å². The van der Waals surface area contributed by atoms with E-state index in [1.165, 1.54) is 14.5 Å². The average Bonchev–Trinajstić information content (AvgIpc) is 3.36. The number of nitrogens with zero attached hydrogens (tertiary/aromatic N) is 3. The van der Waals surface area contributed by atoms with E-state index in [-0.39, 0.29) is 24.6 Å². The molecule has 1 aromatic carbocycles. The van der Waals surface area contributed by atoms with Crippen molar-refractivity contribution in [3.63, 3.8) is 0 Å². The summed E-state index contributed by atoms with van der Waals surface area (Å²) in [4.78, 5) is 50.3. The van der Waals surface area contributed by atoms with Gasteiger partial charge in [0.25, 0.3) is 5.91 Å². The minimum atomic E-state index is -0.625. The van der Waals surface area contributed by atoms with Gasteiger partial charge < -0.3 is 9.64 Å². The average molecular weight is 471 g/mol. The number of hydroxylamine groups is 3. The Morgan fingerprint density at radius 2 is 1.82 bits per heavy atom. The van der Waals surface area contributed by atoms with E-state index in [1.54, 1.807) is 39.2 Å². The third-order valence-corrected chi connectivity index (χ3v) is 5.61. The topological polar surface area (TPSA) is 102 Å². The number of benzene rings is 1. The van der Waals surface area contributed by atoms with Crippen molar-refractivity contribution >= 4 is 18.0 Å². The summed E-state index contributed by atoms with van der Waals surface area (Å²) in [6.07, 6.45) is 3.84. The van der Waals surface area contributed by atoms with Gasteiger partial charge in [0, 0.05) is 18.9 Å². The quantitative estimate of drug-likeness (QED) is 0.624. The van der Waals surface area contributed by atoms with E-state index < -0.39 is 17.7 Å². The number of nitrogens with one attached hydrogen (secondary N) is 1. The summed E-state index contributed by atoms with van der Waals surface area (Å²) in [5, 5.41) is 1.39. The number of aromatic nitrogens is 1. The summed E-state index contributed by atoms with van der Waals surface area (Å²) in [6.45, 7) is 6.17. The van der Waals surface area contributed by atoms with Crippen LogP contribution >= 0.6 is 0 Å². The van der Waals surface area contributed by atoms with Gasteiger partial charge in [-0.25, -0.2) is 15.1 Å². The van der Waals surface area contributed by atoms with E-state index in [1.807, 2.05) is 30.3 Å². The highest BCUT2D eigenvalue weighted by atomic mass is 16.7. The molecule has 182 valence electrons. The van der Waals surface area contributed by atoms with Crippen LogP contribution in [0.1, 0.15) is 44.7 Å². The van der Waals surface area contributed by atoms with Crippen molar-refractivity contribution in [2.75, 3.05) is 6.54 Å². The van der Waals surface area contributed by atoms with Gasteiger partial charge in [0.05, 0.1) is 6.04 Å². The van der Waals surface area contributed by atoms with Crippen LogP contribution in [-0.4, -0.2) is 56.8 Å². The monoisotopic (exact) mass is 470 g/mol. The first kappa shape index (κ1) is 23.8. The molecule has 10 nitrogen and oxygen atoms in total. The standard InChI is InChI=1S/C24H30N4O6/c1-24(2,3)34-23(31)26-12-11-18(13-26)15-32-25-21(29)20-10-9-19-14-27(20)22(30)28(19)33-16-17-7-5-4-6-8-17/h4-8,11-13,19-20H,9-10,14-16H2,1-3H3,(H,25,29)/t19-,20+/m1/s1. The Bertz CT molecular complexity index is 1030. The van der Waals surface area contributed by atoms with Crippen molar-refractivity contribution in [1.29, 1.82) is 0 Å². The Morgan fingerprint density at radius 1 is 1.06 bits per heavy atom. The Morgan fingerprint density at radius 3 is 2.56 bits per heavy atom. The molecule has 2 bridgehead atoms. The normalized spacial score (nSPS) is 19.9. The molecule has 0 aliphatic carbocycles. The third kappa shape index (κ3) is 5.57. The summed E-state index contributed by atoms with van der Waals surface area (Å²) in [7, 11) is 0. The summed E-state index contributed by atoms with van der Waals surface area (Å²) < 4.78 is 6.63. The molecule has 0 unspecified atom stereocenters. The van der Waals surface area contributed by atoms with Crippen molar-refractivity contribution in [2.45, 2.75) is 64.5 Å². The van der Waals surface area contributed by atoms with E-state index in [2.05, 4.69) is 5.48 Å². The molecule has 2 fully saturated rings. The van der Waals surface area contributed by atoms with E-state index in [4.69, 9.17) is 14.4 Å². The van der Waals surface area contributed by atoms with Gasteiger partial charge in [-0.3, -0.25) is 19.0 Å². The lowest BCUT2D eigenvalue weighted by molar-refractivity contribution is -0.141. The smallest absolute Gasteiger partial charge is 0.418 e. The number of hydrogen-bond donors (Lipinski definition) is 1. The number of amides is 3. The largest absolute Gasteiger partial charge is 0.443 e. The second-order valence-corrected chi connectivity index (χ2v) is 9.43. The van der Waals surface area contributed by atoms with Crippen molar-refractivity contribution in [3.05, 3.63) is 59.9 Å². The minimum absolute atomic E-state index is 0.0666. The van der Waals surface area contributed by atoms with Crippen LogP contribution in [0.15, 0.2) is 48.8 Å². The fraction of sp³-hybridized carbons (Fsp3) is 0.458. The van der Waals surface area contributed by atoms with Gasteiger partial charge in [0.2, 0.25) is 0 Å². The molecular formula is C24H30N4O6. The van der Waals surface area contributed by atoms with Gasteiger partial charge >= 0.3 is 12.1 Å². The molecule has 0 saturated carbocycles. The van der Waals surface area contributed by atoms with Gasteiger partial charge in [-0.1, -0.05) is 30.3 Å². The molecule has 0 spiro atoms. The molecule has 1 N–H and O–H groups in total. The highest BCUT2D eigenvalue weighted by molar-refractivity contribution is 5.88. The molecule has 3 heterocycles. The summed E-state index contributed by atoms with van der Waals surface area (Å²) in [5.41, 5.74) is 3.49. The van der Waals surface area contributed by atoms with Gasteiger partial charge in [0.15, 0.2) is 0 Å². The zero-order valence-electron chi connectivity index (χ0n) is 19.6. The Kier molecular flexibility index (Phi) is 6.90. The van der Waals surface area contributed by atoms with Gasteiger partial charge in [-0.15, -0.1) is 0 Å². The van der Waals surface area contributed by atoms with E-state index in [0.29, 0.717) is 31.6 Å². The van der Waals surface area contributed by atoms with Crippen molar-refractivity contribution < 1.29 is 28.8 Å². The Balaban J connectivity index is 1.25. The molecule has 0 radical (unpaired) electrons. The maximum atomic E-state index is 12.8. The number of rotatable bonds is 7. The molecule has 4 rings (SSSR count). The highest BCUT2D eigenvalue weighted by Crippen LogP contribution is 2.30. The van der Waals surface area contributed by atoms with Crippen molar-refractivity contribution in [3.8, 4) is 0 Å². The van der Waals surface area contributed by atoms with Crippen LogP contribution in [0.2, 0.25) is 0 Å². The maximum absolute atomic E-state index is 12.8. The van der Waals surface area contributed by atoms with Crippen LogP contribution in [-0.2, 0) is 32.4 Å². The number of carbonyl (C=O) groups excluding carboxylic acids is 3. The predicted molar refractivity (Wildman–Crippen MR) is 121 cm³/mol. The van der Waals surface area contributed by atoms with Crippen molar-refractivity contribution in [1.82, 2.24) is 20.0 Å². The molecule has 3 amide bonds. The molecule has 10 heteroatoms. The fourth-order valence-electron chi connectivity index (χ4n) is 4.00. The molecular weight excluding hydrogens is 440 g/mol. The number of piperidine rings is 1.